The van der Waals surface area contributed by atoms with Gasteiger partial charge in [0.05, 0.1) is 41.6 Å². The minimum absolute atomic E-state index is 0.00784. The van der Waals surface area contributed by atoms with Gasteiger partial charge in [0.2, 0.25) is 0 Å². The van der Waals surface area contributed by atoms with Crippen molar-refractivity contribution in [3.8, 4) is 17.2 Å². The van der Waals surface area contributed by atoms with Crippen LogP contribution in [0, 0.1) is 10.1 Å². The van der Waals surface area contributed by atoms with Crippen LogP contribution in [0.5, 0.6) is 17.2 Å². The molecule has 0 spiro atoms. The topological polar surface area (TPSA) is 131 Å². The summed E-state index contributed by atoms with van der Waals surface area (Å²) < 4.78 is 25.5. The third kappa shape index (κ3) is 7.15. The lowest BCUT2D eigenvalue weighted by atomic mass is 9.93. The van der Waals surface area contributed by atoms with Gasteiger partial charge in [0, 0.05) is 27.7 Å². The number of benzene rings is 3. The minimum Gasteiger partial charge on any atom is -0.497 e. The number of non-ortho nitro benzene ring substituents is 1. The lowest BCUT2D eigenvalue weighted by Crippen LogP contribution is -2.40. The van der Waals surface area contributed by atoms with Crippen LogP contribution in [0.2, 0.25) is 0 Å². The monoisotopic (exact) mass is 721 g/mol. The zero-order chi connectivity index (χ0) is 33.7. The molecule has 1 atom stereocenters. The van der Waals surface area contributed by atoms with Crippen molar-refractivity contribution < 1.29 is 28.7 Å². The van der Waals surface area contributed by atoms with Crippen LogP contribution >= 0.6 is 27.3 Å². The molecule has 5 rings (SSSR count). The summed E-state index contributed by atoms with van der Waals surface area (Å²) in [5.74, 6) is 0.947. The molecule has 0 N–H and O–H groups in total. The van der Waals surface area contributed by atoms with E-state index in [0.717, 1.165) is 10.0 Å². The number of methoxy groups -OCH3 is 2. The molecule has 1 aliphatic rings. The number of nitro benzene ring substituents is 1. The highest BCUT2D eigenvalue weighted by atomic mass is 79.9. The zero-order valence-electron chi connectivity index (χ0n) is 26.2. The van der Waals surface area contributed by atoms with Gasteiger partial charge in [-0.3, -0.25) is 19.5 Å². The first-order chi connectivity index (χ1) is 22.7. The molecule has 0 amide bonds. The minimum atomic E-state index is -0.889. The Balaban J connectivity index is 1.66. The summed E-state index contributed by atoms with van der Waals surface area (Å²) in [6.45, 7) is 4.03. The maximum Gasteiger partial charge on any atom is 0.338 e. The number of halogens is 1. The lowest BCUT2D eigenvalue weighted by molar-refractivity contribution is -0.384. The van der Waals surface area contributed by atoms with Gasteiger partial charge < -0.3 is 18.9 Å². The summed E-state index contributed by atoms with van der Waals surface area (Å²) in [5, 5.41) is 11.0. The molecule has 13 heteroatoms. The first-order valence-corrected chi connectivity index (χ1v) is 16.4. The number of rotatable bonds is 12. The average Bonchev–Trinajstić information content (AvgIpc) is 3.37. The van der Waals surface area contributed by atoms with Crippen LogP contribution in [0.15, 0.2) is 86.2 Å². The van der Waals surface area contributed by atoms with Crippen LogP contribution < -0.4 is 29.1 Å². The molecule has 3 aromatic carbocycles. The number of hydrogen-bond acceptors (Lipinski definition) is 10. The van der Waals surface area contributed by atoms with Crippen LogP contribution in [0.1, 0.15) is 49.4 Å². The third-order valence-electron chi connectivity index (χ3n) is 7.42. The average molecular weight is 723 g/mol. The van der Waals surface area contributed by atoms with E-state index in [4.69, 9.17) is 23.9 Å². The molecule has 0 aliphatic carbocycles. The van der Waals surface area contributed by atoms with E-state index in [2.05, 4.69) is 15.9 Å². The summed E-state index contributed by atoms with van der Waals surface area (Å²) in [5.41, 5.74) is 2.37. The van der Waals surface area contributed by atoms with Crippen LogP contribution in [-0.4, -0.2) is 36.3 Å². The molecule has 1 aliphatic heterocycles. The van der Waals surface area contributed by atoms with E-state index in [1.165, 1.54) is 35.1 Å². The standard InChI is InChI=1S/C34H32BrN3O8S/c1-5-7-26-30(33(40)45-6-2)31(25-18-24(43-3)13-15-28(25)44-4)37-32(39)29(47-34(37)36-26)17-21-16-22(35)10-14-27(21)46-19-20-8-11-23(12-9-20)38(41)42/h8-18,31H,5-7,19H2,1-4H3/b29-17-/t31-/m1/s1. The Morgan fingerprint density at radius 3 is 2.47 bits per heavy atom. The number of esters is 1. The number of thiazole rings is 1. The predicted octanol–water partition coefficient (Wildman–Crippen LogP) is 5.85. The van der Waals surface area contributed by atoms with E-state index in [1.807, 2.05) is 19.1 Å². The summed E-state index contributed by atoms with van der Waals surface area (Å²) in [4.78, 5) is 43.7. The maximum absolute atomic E-state index is 14.3. The van der Waals surface area contributed by atoms with Gasteiger partial charge in [-0.05, 0) is 73.5 Å². The summed E-state index contributed by atoms with van der Waals surface area (Å²) in [6, 6.07) is 15.9. The fraction of sp³-hybridized carbons (Fsp3) is 0.265. The number of nitro groups is 1. The number of carbonyl (C=O) groups is 1. The molecule has 0 bridgehead atoms. The molecule has 0 fully saturated rings. The van der Waals surface area contributed by atoms with Gasteiger partial charge in [0.1, 0.15) is 29.9 Å². The molecule has 244 valence electrons. The van der Waals surface area contributed by atoms with Crippen molar-refractivity contribution >= 4 is 45.0 Å². The zero-order valence-corrected chi connectivity index (χ0v) is 28.6. The summed E-state index contributed by atoms with van der Waals surface area (Å²) in [6.07, 6.45) is 2.94. The van der Waals surface area contributed by atoms with E-state index in [-0.39, 0.29) is 30.0 Å². The largest absolute Gasteiger partial charge is 0.497 e. The molecule has 0 radical (unpaired) electrons. The molecule has 11 nitrogen and oxygen atoms in total. The first-order valence-electron chi connectivity index (χ1n) is 14.8. The molecule has 0 saturated carbocycles. The third-order valence-corrected chi connectivity index (χ3v) is 8.90. The maximum atomic E-state index is 14.3. The van der Waals surface area contributed by atoms with Crippen molar-refractivity contribution in [2.75, 3.05) is 20.8 Å². The number of allylic oxidation sites excluding steroid dienone is 1. The molecule has 0 saturated heterocycles. The Hall–Kier alpha value is -4.75. The summed E-state index contributed by atoms with van der Waals surface area (Å²) in [7, 11) is 3.07. The number of fused-ring (bicyclic) bond motifs is 1. The second kappa shape index (κ2) is 14.8. The number of nitrogens with zero attached hydrogens (tertiary/aromatic N) is 3. The Morgan fingerprint density at radius 1 is 1.06 bits per heavy atom. The Labute approximate surface area is 282 Å². The fourth-order valence-corrected chi connectivity index (χ4v) is 6.64. The Morgan fingerprint density at radius 2 is 1.81 bits per heavy atom. The van der Waals surface area contributed by atoms with Crippen molar-refractivity contribution in [3.05, 3.63) is 123 Å². The fourth-order valence-electron chi connectivity index (χ4n) is 5.25. The lowest BCUT2D eigenvalue weighted by Gasteiger charge is -2.27. The van der Waals surface area contributed by atoms with E-state index in [0.29, 0.717) is 56.2 Å². The predicted molar refractivity (Wildman–Crippen MR) is 181 cm³/mol. The molecule has 4 aromatic rings. The molecule has 2 heterocycles. The molecule has 0 unspecified atom stereocenters. The second-order valence-corrected chi connectivity index (χ2v) is 12.3. The van der Waals surface area contributed by atoms with Crippen LogP contribution in [-0.2, 0) is 16.1 Å². The van der Waals surface area contributed by atoms with Crippen molar-refractivity contribution in [3.63, 3.8) is 0 Å². The van der Waals surface area contributed by atoms with Gasteiger partial charge >= 0.3 is 5.97 Å². The van der Waals surface area contributed by atoms with Crippen molar-refractivity contribution in [2.24, 2.45) is 4.99 Å². The van der Waals surface area contributed by atoms with E-state index in [9.17, 15) is 19.7 Å². The quantitative estimate of drug-likeness (QED) is 0.101. The normalized spacial score (nSPS) is 14.3. The van der Waals surface area contributed by atoms with E-state index in [1.54, 1.807) is 56.5 Å². The first kappa shape index (κ1) is 33.6. The highest BCUT2D eigenvalue weighted by molar-refractivity contribution is 9.10. The van der Waals surface area contributed by atoms with Gasteiger partial charge in [-0.15, -0.1) is 0 Å². The number of hydrogen-bond donors (Lipinski definition) is 0. The van der Waals surface area contributed by atoms with Gasteiger partial charge in [-0.25, -0.2) is 9.79 Å². The van der Waals surface area contributed by atoms with Crippen LogP contribution in [0.3, 0.4) is 0 Å². The SMILES string of the molecule is CCCC1=C(C(=O)OCC)[C@@H](c2cc(OC)ccc2OC)n2c(s/c(=C\c3cc(Br)ccc3OCc3ccc([N+](=O)[O-])cc3)c2=O)=N1. The molecule has 1 aromatic heterocycles. The van der Waals surface area contributed by atoms with Gasteiger partial charge in [0.15, 0.2) is 4.80 Å². The Kier molecular flexibility index (Phi) is 10.6. The Bertz CT molecular complexity index is 2040. The van der Waals surface area contributed by atoms with E-state index < -0.39 is 16.9 Å². The molecule has 47 heavy (non-hydrogen) atoms. The second-order valence-electron chi connectivity index (χ2n) is 10.4. The van der Waals surface area contributed by atoms with Crippen molar-refractivity contribution in [1.29, 1.82) is 0 Å². The van der Waals surface area contributed by atoms with Gasteiger partial charge in [-0.1, -0.05) is 40.6 Å². The van der Waals surface area contributed by atoms with E-state index >= 15 is 0 Å². The van der Waals surface area contributed by atoms with Gasteiger partial charge in [-0.2, -0.15) is 0 Å². The van der Waals surface area contributed by atoms with Crippen molar-refractivity contribution in [2.45, 2.75) is 39.3 Å². The number of aromatic nitrogens is 1. The van der Waals surface area contributed by atoms with Crippen LogP contribution in [0.25, 0.3) is 6.08 Å². The highest BCUT2D eigenvalue weighted by Gasteiger charge is 2.36. The molecular formula is C34H32BrN3O8S. The smallest absolute Gasteiger partial charge is 0.338 e. The highest BCUT2D eigenvalue weighted by Crippen LogP contribution is 2.39. The molecular weight excluding hydrogens is 690 g/mol. The number of carbonyl (C=O) groups excluding carboxylic acids is 1. The van der Waals surface area contributed by atoms with Gasteiger partial charge in [0.25, 0.3) is 11.2 Å². The van der Waals surface area contributed by atoms with Crippen molar-refractivity contribution in [1.82, 2.24) is 4.57 Å². The number of ether oxygens (including phenoxy) is 4. The summed E-state index contributed by atoms with van der Waals surface area (Å²) >= 11 is 4.72. The van der Waals surface area contributed by atoms with Crippen LogP contribution in [0.4, 0.5) is 5.69 Å².